The largest absolute Gasteiger partial charge is 0.326 e. The quantitative estimate of drug-likeness (QED) is 0.851. The molecule has 0 saturated carbocycles. The van der Waals surface area contributed by atoms with Crippen molar-refractivity contribution in [3.63, 3.8) is 0 Å². The van der Waals surface area contributed by atoms with E-state index in [0.29, 0.717) is 13.1 Å². The number of nitrogens with two attached hydrogens (primary N) is 1. The van der Waals surface area contributed by atoms with Crippen LogP contribution in [-0.4, -0.2) is 50.8 Å². The van der Waals surface area contributed by atoms with Gasteiger partial charge < -0.3 is 10.6 Å². The van der Waals surface area contributed by atoms with Gasteiger partial charge in [0.1, 0.15) is 0 Å². The van der Waals surface area contributed by atoms with Crippen LogP contribution >= 0.6 is 0 Å². The van der Waals surface area contributed by atoms with Crippen LogP contribution in [0.1, 0.15) is 24.0 Å². The van der Waals surface area contributed by atoms with Crippen molar-refractivity contribution < 1.29 is 8.42 Å². The lowest BCUT2D eigenvalue weighted by molar-refractivity contribution is 0.291. The zero-order chi connectivity index (χ0) is 15.5. The van der Waals surface area contributed by atoms with Crippen LogP contribution in [0.15, 0.2) is 24.3 Å². The normalized spacial score (nSPS) is 20.3. The van der Waals surface area contributed by atoms with Crippen molar-refractivity contribution in [1.82, 2.24) is 9.21 Å². The molecule has 118 valence electrons. The minimum atomic E-state index is -3.27. The Morgan fingerprint density at radius 1 is 1.33 bits per heavy atom. The minimum Gasteiger partial charge on any atom is -0.326 e. The van der Waals surface area contributed by atoms with Gasteiger partial charge in [-0.05, 0) is 38.1 Å². The molecule has 1 atom stereocenters. The Morgan fingerprint density at radius 2 is 2.05 bits per heavy atom. The van der Waals surface area contributed by atoms with Gasteiger partial charge in [0, 0.05) is 25.7 Å². The SMILES string of the molecule is CN(C)CC1CCCN1S(=O)(=O)Cc1cccc(CN)c1. The van der Waals surface area contributed by atoms with E-state index in [9.17, 15) is 8.42 Å². The summed E-state index contributed by atoms with van der Waals surface area (Å²) in [7, 11) is 0.693. The van der Waals surface area contributed by atoms with Crippen molar-refractivity contribution in [1.29, 1.82) is 0 Å². The van der Waals surface area contributed by atoms with Crippen molar-refractivity contribution in [3.8, 4) is 0 Å². The molecule has 1 fully saturated rings. The molecule has 0 spiro atoms. The lowest BCUT2D eigenvalue weighted by Crippen LogP contribution is -2.41. The molecule has 1 aliphatic rings. The molecule has 21 heavy (non-hydrogen) atoms. The summed E-state index contributed by atoms with van der Waals surface area (Å²) >= 11 is 0. The molecule has 0 aliphatic carbocycles. The van der Waals surface area contributed by atoms with Crippen LogP contribution in [-0.2, 0) is 22.3 Å². The molecule has 2 N–H and O–H groups in total. The second kappa shape index (κ2) is 6.87. The molecule has 1 unspecified atom stereocenters. The Hall–Kier alpha value is -0.950. The predicted octanol–water partition coefficient (Wildman–Crippen LogP) is 1.00. The lowest BCUT2D eigenvalue weighted by Gasteiger charge is -2.26. The molecule has 0 bridgehead atoms. The van der Waals surface area contributed by atoms with Crippen molar-refractivity contribution in [2.45, 2.75) is 31.2 Å². The predicted molar refractivity (Wildman–Crippen MR) is 85.2 cm³/mol. The summed E-state index contributed by atoms with van der Waals surface area (Å²) in [5.41, 5.74) is 7.40. The van der Waals surface area contributed by atoms with E-state index in [-0.39, 0.29) is 11.8 Å². The van der Waals surface area contributed by atoms with Crippen molar-refractivity contribution >= 4 is 10.0 Å². The third-order valence-corrected chi connectivity index (χ3v) is 5.73. The van der Waals surface area contributed by atoms with Crippen LogP contribution in [0.25, 0.3) is 0 Å². The number of benzene rings is 1. The van der Waals surface area contributed by atoms with E-state index < -0.39 is 10.0 Å². The first-order chi connectivity index (χ1) is 9.92. The fourth-order valence-electron chi connectivity index (χ4n) is 2.92. The van der Waals surface area contributed by atoms with Crippen molar-refractivity contribution in [2.24, 2.45) is 5.73 Å². The van der Waals surface area contributed by atoms with Crippen LogP contribution in [0, 0.1) is 0 Å². The van der Waals surface area contributed by atoms with Gasteiger partial charge in [-0.1, -0.05) is 24.3 Å². The van der Waals surface area contributed by atoms with E-state index in [1.165, 1.54) is 0 Å². The first-order valence-corrected chi connectivity index (χ1v) is 8.95. The first-order valence-electron chi connectivity index (χ1n) is 7.34. The molecule has 1 aromatic carbocycles. The van der Waals surface area contributed by atoms with E-state index in [4.69, 9.17) is 5.73 Å². The van der Waals surface area contributed by atoms with Gasteiger partial charge in [-0.25, -0.2) is 8.42 Å². The molecular formula is C15H25N3O2S. The average molecular weight is 311 g/mol. The summed E-state index contributed by atoms with van der Waals surface area (Å²) in [5, 5.41) is 0. The highest BCUT2D eigenvalue weighted by atomic mass is 32.2. The van der Waals surface area contributed by atoms with Gasteiger partial charge in [-0.3, -0.25) is 0 Å². The number of rotatable bonds is 6. The maximum atomic E-state index is 12.7. The molecule has 1 aliphatic heterocycles. The first kappa shape index (κ1) is 16.4. The summed E-state index contributed by atoms with van der Waals surface area (Å²) in [6, 6.07) is 7.62. The molecule has 0 aromatic heterocycles. The van der Waals surface area contributed by atoms with E-state index in [1.54, 1.807) is 4.31 Å². The Morgan fingerprint density at radius 3 is 2.71 bits per heavy atom. The van der Waals surface area contributed by atoms with Gasteiger partial charge in [0.15, 0.2) is 0 Å². The number of hydrogen-bond acceptors (Lipinski definition) is 4. The number of likely N-dealkylation sites (N-methyl/N-ethyl adjacent to an activating group) is 1. The van der Waals surface area contributed by atoms with Gasteiger partial charge in [-0.15, -0.1) is 0 Å². The van der Waals surface area contributed by atoms with Crippen LogP contribution in [0.4, 0.5) is 0 Å². The van der Waals surface area contributed by atoms with Crippen molar-refractivity contribution in [2.75, 3.05) is 27.2 Å². The summed E-state index contributed by atoms with van der Waals surface area (Å²) in [6.45, 7) is 1.85. The topological polar surface area (TPSA) is 66.6 Å². The maximum Gasteiger partial charge on any atom is 0.218 e. The Bertz CT molecular complexity index is 572. The zero-order valence-corrected chi connectivity index (χ0v) is 13.6. The molecule has 1 saturated heterocycles. The Labute approximate surface area is 127 Å². The molecular weight excluding hydrogens is 286 g/mol. The van der Waals surface area contributed by atoms with Crippen LogP contribution in [0.2, 0.25) is 0 Å². The fraction of sp³-hybridized carbons (Fsp3) is 0.600. The summed E-state index contributed by atoms with van der Waals surface area (Å²) in [5.74, 6) is 0.0603. The highest BCUT2D eigenvalue weighted by Crippen LogP contribution is 2.24. The molecule has 2 rings (SSSR count). The van der Waals surface area contributed by atoms with Gasteiger partial charge in [0.05, 0.1) is 5.75 Å². The number of hydrogen-bond donors (Lipinski definition) is 1. The minimum absolute atomic E-state index is 0.0603. The number of nitrogens with zero attached hydrogens (tertiary/aromatic N) is 2. The highest BCUT2D eigenvalue weighted by molar-refractivity contribution is 7.88. The molecule has 0 radical (unpaired) electrons. The van der Waals surface area contributed by atoms with Crippen molar-refractivity contribution in [3.05, 3.63) is 35.4 Å². The van der Waals surface area contributed by atoms with Gasteiger partial charge >= 0.3 is 0 Å². The second-order valence-electron chi connectivity index (χ2n) is 5.95. The standard InChI is InChI=1S/C15H25N3O2S/c1-17(2)11-15-7-4-8-18(15)21(19,20)12-14-6-3-5-13(9-14)10-16/h3,5-6,9,15H,4,7-8,10-12,16H2,1-2H3. The fourth-order valence-corrected chi connectivity index (χ4v) is 4.72. The monoisotopic (exact) mass is 311 g/mol. The Kier molecular flexibility index (Phi) is 5.37. The van der Waals surface area contributed by atoms with E-state index in [1.807, 2.05) is 43.3 Å². The summed E-state index contributed by atoms with van der Waals surface area (Å²) in [4.78, 5) is 2.05. The number of sulfonamides is 1. The molecule has 6 heteroatoms. The lowest BCUT2D eigenvalue weighted by atomic mass is 10.1. The maximum absolute atomic E-state index is 12.7. The summed E-state index contributed by atoms with van der Waals surface area (Å²) < 4.78 is 27.0. The third kappa shape index (κ3) is 4.26. The van der Waals surface area contributed by atoms with Gasteiger partial charge in [-0.2, -0.15) is 4.31 Å². The summed E-state index contributed by atoms with van der Waals surface area (Å²) in [6.07, 6.45) is 1.89. The van der Waals surface area contributed by atoms with Gasteiger partial charge in [0.25, 0.3) is 0 Å². The van der Waals surface area contributed by atoms with Gasteiger partial charge in [0.2, 0.25) is 10.0 Å². The molecule has 1 heterocycles. The zero-order valence-electron chi connectivity index (χ0n) is 12.8. The second-order valence-corrected chi connectivity index (χ2v) is 7.87. The van der Waals surface area contributed by atoms with Crippen LogP contribution < -0.4 is 5.73 Å². The molecule has 5 nitrogen and oxygen atoms in total. The average Bonchev–Trinajstić information content (AvgIpc) is 2.86. The molecule has 1 aromatic rings. The Balaban J connectivity index is 2.13. The van der Waals surface area contributed by atoms with E-state index >= 15 is 0 Å². The third-order valence-electron chi connectivity index (χ3n) is 3.83. The van der Waals surface area contributed by atoms with Crippen LogP contribution in [0.3, 0.4) is 0 Å². The molecule has 0 amide bonds. The smallest absolute Gasteiger partial charge is 0.218 e. The van der Waals surface area contributed by atoms with Crippen LogP contribution in [0.5, 0.6) is 0 Å². The van der Waals surface area contributed by atoms with E-state index in [2.05, 4.69) is 0 Å². The van der Waals surface area contributed by atoms with E-state index in [0.717, 1.165) is 30.5 Å². The highest BCUT2D eigenvalue weighted by Gasteiger charge is 2.34.